The Balaban J connectivity index is 2.93. The Kier molecular flexibility index (Phi) is 5.64. The fourth-order valence-electron chi connectivity index (χ4n) is 1.39. The molecule has 0 saturated heterocycles. The molecule has 1 aliphatic rings. The number of ether oxygens (including phenoxy) is 2. The molecule has 0 N–H and O–H groups in total. The number of hydrogen-bond acceptors (Lipinski definition) is 4. The van der Waals surface area contributed by atoms with E-state index in [0.29, 0.717) is 6.42 Å². The predicted octanol–water partition coefficient (Wildman–Crippen LogP) is 2.44. The van der Waals surface area contributed by atoms with Crippen LogP contribution in [0.3, 0.4) is 0 Å². The van der Waals surface area contributed by atoms with Gasteiger partial charge in [-0.15, -0.1) is 0 Å². The Morgan fingerprint density at radius 2 is 2.11 bits per heavy atom. The first-order chi connectivity index (χ1) is 8.63. The second kappa shape index (κ2) is 7.27. The summed E-state index contributed by atoms with van der Waals surface area (Å²) in [7, 11) is 0. The summed E-state index contributed by atoms with van der Waals surface area (Å²) in [6, 6.07) is 0. The summed E-state index contributed by atoms with van der Waals surface area (Å²) in [6.45, 7) is 3.29. The quantitative estimate of drug-likeness (QED) is 0.435. The van der Waals surface area contributed by atoms with E-state index in [1.807, 2.05) is 24.3 Å². The number of hydrogen-bond donors (Lipinski definition) is 0. The first-order valence-corrected chi connectivity index (χ1v) is 5.73. The van der Waals surface area contributed by atoms with Crippen molar-refractivity contribution in [2.24, 2.45) is 0 Å². The highest BCUT2D eigenvalue weighted by atomic mass is 16.5. The fourth-order valence-corrected chi connectivity index (χ4v) is 1.39. The Morgan fingerprint density at radius 3 is 2.78 bits per heavy atom. The molecule has 0 aromatic rings. The van der Waals surface area contributed by atoms with Gasteiger partial charge in [0.15, 0.2) is 0 Å². The average Bonchev–Trinajstić information content (AvgIpc) is 2.56. The number of esters is 2. The molecule has 4 nitrogen and oxygen atoms in total. The van der Waals surface area contributed by atoms with Crippen LogP contribution in [0.2, 0.25) is 0 Å². The first-order valence-electron chi connectivity index (χ1n) is 5.73. The molecule has 0 spiro atoms. The minimum atomic E-state index is -0.521. The molecule has 1 aliphatic carbocycles. The third-order valence-electron chi connectivity index (χ3n) is 2.10. The van der Waals surface area contributed by atoms with Crippen molar-refractivity contribution in [2.75, 3.05) is 6.61 Å². The zero-order valence-electron chi connectivity index (χ0n) is 10.5. The molecule has 96 valence electrons. The molecule has 1 rings (SSSR count). The smallest absolute Gasteiger partial charge is 0.334 e. The van der Waals surface area contributed by atoms with Gasteiger partial charge in [0.25, 0.3) is 0 Å². The summed E-state index contributed by atoms with van der Waals surface area (Å²) in [5.74, 6) is -0.757. The van der Waals surface area contributed by atoms with Crippen LogP contribution in [0.15, 0.2) is 47.8 Å². The molecule has 0 atom stereocenters. The van der Waals surface area contributed by atoms with Crippen molar-refractivity contribution in [3.05, 3.63) is 47.8 Å². The van der Waals surface area contributed by atoms with Crippen LogP contribution in [0.5, 0.6) is 0 Å². The molecule has 4 heteroatoms. The summed E-state index contributed by atoms with van der Waals surface area (Å²) >= 11 is 0. The van der Waals surface area contributed by atoms with Crippen LogP contribution in [-0.2, 0) is 19.1 Å². The maximum atomic E-state index is 11.4. The van der Waals surface area contributed by atoms with Gasteiger partial charge in [0, 0.05) is 6.92 Å². The van der Waals surface area contributed by atoms with E-state index in [2.05, 4.69) is 0 Å². The minimum Gasteiger partial charge on any atom is -0.463 e. The van der Waals surface area contributed by atoms with E-state index in [1.165, 1.54) is 13.0 Å². The number of rotatable bonds is 4. The molecule has 0 amide bonds. The van der Waals surface area contributed by atoms with Crippen LogP contribution in [0.25, 0.3) is 0 Å². The van der Waals surface area contributed by atoms with Gasteiger partial charge in [0.2, 0.25) is 0 Å². The third-order valence-corrected chi connectivity index (χ3v) is 2.10. The zero-order valence-corrected chi connectivity index (χ0v) is 10.5. The summed E-state index contributed by atoms with van der Waals surface area (Å²) in [4.78, 5) is 22.5. The molecule has 0 fully saturated rings. The molecule has 0 unspecified atom stereocenters. The molecule has 0 bridgehead atoms. The maximum absolute atomic E-state index is 11.4. The molecule has 18 heavy (non-hydrogen) atoms. The van der Waals surface area contributed by atoms with E-state index in [9.17, 15) is 9.59 Å². The second-order valence-corrected chi connectivity index (χ2v) is 3.56. The van der Waals surface area contributed by atoms with Gasteiger partial charge in [-0.25, -0.2) is 4.79 Å². The molecule has 0 aliphatic heterocycles. The lowest BCUT2D eigenvalue weighted by molar-refractivity contribution is -0.138. The van der Waals surface area contributed by atoms with Crippen LogP contribution in [0, 0.1) is 0 Å². The normalized spacial score (nSPS) is 14.8. The third kappa shape index (κ3) is 4.82. The number of carbonyl (C=O) groups is 2. The van der Waals surface area contributed by atoms with E-state index >= 15 is 0 Å². The summed E-state index contributed by atoms with van der Waals surface area (Å²) in [5.41, 5.74) is 0.753. The van der Waals surface area contributed by atoms with Crippen LogP contribution >= 0.6 is 0 Å². The van der Waals surface area contributed by atoms with E-state index in [-0.39, 0.29) is 12.4 Å². The molecular formula is C14H16O4. The Hall–Kier alpha value is -2.10. The first kappa shape index (κ1) is 14.0. The van der Waals surface area contributed by atoms with E-state index in [0.717, 1.165) is 5.57 Å². The largest absolute Gasteiger partial charge is 0.463 e. The minimum absolute atomic E-state index is 0.233. The summed E-state index contributed by atoms with van der Waals surface area (Å²) < 4.78 is 9.85. The Labute approximate surface area is 106 Å². The Bertz CT molecular complexity index is 439. The van der Waals surface area contributed by atoms with Crippen molar-refractivity contribution in [3.8, 4) is 0 Å². The monoisotopic (exact) mass is 248 g/mol. The number of carbonyl (C=O) groups excluding carboxylic acids is 2. The topological polar surface area (TPSA) is 52.6 Å². The highest BCUT2D eigenvalue weighted by Crippen LogP contribution is 2.19. The molecule has 0 heterocycles. The van der Waals surface area contributed by atoms with Gasteiger partial charge in [-0.1, -0.05) is 30.4 Å². The summed E-state index contributed by atoms with van der Waals surface area (Å²) in [6.07, 6.45) is 11.1. The van der Waals surface area contributed by atoms with Crippen molar-refractivity contribution in [1.29, 1.82) is 0 Å². The molecule has 0 aromatic carbocycles. The van der Waals surface area contributed by atoms with Crippen molar-refractivity contribution in [3.63, 3.8) is 0 Å². The summed E-state index contributed by atoms with van der Waals surface area (Å²) in [5, 5.41) is 0. The van der Waals surface area contributed by atoms with E-state index in [4.69, 9.17) is 9.47 Å². The van der Waals surface area contributed by atoms with Crippen LogP contribution in [0.4, 0.5) is 0 Å². The standard InChI is InChI=1S/C14H16O4/c1-3-17-14(16)10-13(18-11(2)15)12-8-6-4-5-7-9-12/h4-8,10H,3,9H2,1-2H3/b13-10-. The molecule has 0 radical (unpaired) electrons. The average molecular weight is 248 g/mol. The van der Waals surface area contributed by atoms with Crippen molar-refractivity contribution in [1.82, 2.24) is 0 Å². The van der Waals surface area contributed by atoms with Crippen molar-refractivity contribution < 1.29 is 19.1 Å². The Morgan fingerprint density at radius 1 is 1.33 bits per heavy atom. The predicted molar refractivity (Wildman–Crippen MR) is 67.5 cm³/mol. The molecular weight excluding hydrogens is 232 g/mol. The lowest BCUT2D eigenvalue weighted by atomic mass is 10.1. The van der Waals surface area contributed by atoms with Gasteiger partial charge in [-0.05, 0) is 18.9 Å². The highest BCUT2D eigenvalue weighted by molar-refractivity contribution is 5.84. The van der Waals surface area contributed by atoms with Gasteiger partial charge in [0.05, 0.1) is 12.7 Å². The van der Waals surface area contributed by atoms with Gasteiger partial charge < -0.3 is 9.47 Å². The van der Waals surface area contributed by atoms with Crippen LogP contribution < -0.4 is 0 Å². The highest BCUT2D eigenvalue weighted by Gasteiger charge is 2.11. The maximum Gasteiger partial charge on any atom is 0.334 e. The molecule has 0 aromatic heterocycles. The van der Waals surface area contributed by atoms with Gasteiger partial charge in [-0.3, -0.25) is 4.79 Å². The van der Waals surface area contributed by atoms with E-state index < -0.39 is 11.9 Å². The van der Waals surface area contributed by atoms with Crippen molar-refractivity contribution in [2.45, 2.75) is 20.3 Å². The van der Waals surface area contributed by atoms with Gasteiger partial charge >= 0.3 is 11.9 Å². The second-order valence-electron chi connectivity index (χ2n) is 3.56. The lowest BCUT2D eigenvalue weighted by Gasteiger charge is -2.09. The number of allylic oxidation sites excluding steroid dienone is 6. The fraction of sp³-hybridized carbons (Fsp3) is 0.286. The van der Waals surface area contributed by atoms with Gasteiger partial charge in [-0.2, -0.15) is 0 Å². The SMILES string of the molecule is CCOC(=O)/C=C(\OC(C)=O)C1=CC=CC=CC1. The van der Waals surface area contributed by atoms with E-state index in [1.54, 1.807) is 13.0 Å². The lowest BCUT2D eigenvalue weighted by Crippen LogP contribution is -2.07. The molecule has 0 saturated carbocycles. The van der Waals surface area contributed by atoms with Crippen molar-refractivity contribution >= 4 is 11.9 Å². The zero-order chi connectivity index (χ0) is 13.4. The van der Waals surface area contributed by atoms with Crippen LogP contribution in [0.1, 0.15) is 20.3 Å². The van der Waals surface area contributed by atoms with Crippen LogP contribution in [-0.4, -0.2) is 18.5 Å². The van der Waals surface area contributed by atoms with Gasteiger partial charge in [0.1, 0.15) is 5.76 Å².